The Balaban J connectivity index is 2.26. The molecule has 1 N–H and O–H groups in total. The first kappa shape index (κ1) is 13.5. The van der Waals surface area contributed by atoms with Gasteiger partial charge in [-0.15, -0.1) is 0 Å². The summed E-state index contributed by atoms with van der Waals surface area (Å²) in [6.07, 6.45) is 2.48. The lowest BCUT2D eigenvalue weighted by molar-refractivity contribution is -0.137. The molecule has 18 heavy (non-hydrogen) atoms. The molecule has 0 spiro atoms. The largest absolute Gasteiger partial charge is 0.418 e. The van der Waals surface area contributed by atoms with Gasteiger partial charge in [-0.3, -0.25) is 0 Å². The maximum absolute atomic E-state index is 12.9. The Bertz CT molecular complexity index is 454. The van der Waals surface area contributed by atoms with Gasteiger partial charge in [0.1, 0.15) is 0 Å². The second-order valence-electron chi connectivity index (χ2n) is 4.30. The van der Waals surface area contributed by atoms with E-state index in [0.717, 1.165) is 25.3 Å². The van der Waals surface area contributed by atoms with Crippen LogP contribution in [-0.4, -0.2) is 6.04 Å². The van der Waals surface area contributed by atoms with E-state index in [1.54, 1.807) is 6.07 Å². The molecule has 1 aliphatic rings. The van der Waals surface area contributed by atoms with Gasteiger partial charge in [0.15, 0.2) is 0 Å². The highest BCUT2D eigenvalue weighted by molar-refractivity contribution is 9.10. The average molecular weight is 320 g/mol. The molecule has 0 aromatic heterocycles. The third-order valence-electron chi connectivity index (χ3n) is 2.88. The summed E-state index contributed by atoms with van der Waals surface area (Å²) in [5.41, 5.74) is -0.488. The second-order valence-corrected chi connectivity index (χ2v) is 5.21. The van der Waals surface area contributed by atoms with Gasteiger partial charge < -0.3 is 5.32 Å². The maximum atomic E-state index is 12.9. The summed E-state index contributed by atoms with van der Waals surface area (Å²) in [5, 5.41) is 2.96. The normalized spacial score (nSPS) is 19.9. The van der Waals surface area contributed by atoms with Crippen LogP contribution in [0.1, 0.15) is 24.8 Å². The second kappa shape index (κ2) is 5.34. The Morgan fingerprint density at radius 1 is 1.28 bits per heavy atom. The van der Waals surface area contributed by atoms with Crippen LogP contribution < -0.4 is 5.32 Å². The van der Waals surface area contributed by atoms with Gasteiger partial charge in [-0.1, -0.05) is 28.1 Å². The van der Waals surface area contributed by atoms with E-state index >= 15 is 0 Å². The Morgan fingerprint density at radius 3 is 2.67 bits per heavy atom. The van der Waals surface area contributed by atoms with Gasteiger partial charge in [0.25, 0.3) is 0 Å². The smallest absolute Gasteiger partial charge is 0.378 e. The van der Waals surface area contributed by atoms with Crippen molar-refractivity contribution in [3.05, 3.63) is 40.4 Å². The van der Waals surface area contributed by atoms with E-state index in [4.69, 9.17) is 0 Å². The van der Waals surface area contributed by atoms with Crippen LogP contribution in [0.25, 0.3) is 0 Å². The van der Waals surface area contributed by atoms with Crippen molar-refractivity contribution in [2.45, 2.75) is 31.5 Å². The molecule has 0 aliphatic heterocycles. The standard InChI is InChI=1S/C13H13BrF3N/c14-9-6-7-12(11(8-9)13(15,16)17)18-10-4-2-1-3-5-10/h2,4,6-8,10,18H,1,3,5H2. The first-order valence-corrected chi connectivity index (χ1v) is 6.56. The fourth-order valence-electron chi connectivity index (χ4n) is 2.01. The monoisotopic (exact) mass is 319 g/mol. The van der Waals surface area contributed by atoms with E-state index in [9.17, 15) is 13.2 Å². The van der Waals surface area contributed by atoms with Crippen LogP contribution in [0.15, 0.2) is 34.8 Å². The molecular weight excluding hydrogens is 307 g/mol. The Morgan fingerprint density at radius 2 is 2.06 bits per heavy atom. The third kappa shape index (κ3) is 3.28. The first-order chi connectivity index (χ1) is 8.47. The highest BCUT2D eigenvalue weighted by Gasteiger charge is 2.34. The van der Waals surface area contributed by atoms with Gasteiger partial charge in [0, 0.05) is 16.2 Å². The van der Waals surface area contributed by atoms with Gasteiger partial charge in [0.2, 0.25) is 0 Å². The Kier molecular flexibility index (Phi) is 4.00. The lowest BCUT2D eigenvalue weighted by Crippen LogP contribution is -2.21. The van der Waals surface area contributed by atoms with Crippen molar-refractivity contribution in [2.24, 2.45) is 0 Å². The number of alkyl halides is 3. The summed E-state index contributed by atoms with van der Waals surface area (Å²) in [5.74, 6) is 0. The number of rotatable bonds is 2. The van der Waals surface area contributed by atoms with E-state index in [1.165, 1.54) is 6.07 Å². The molecule has 1 nitrogen and oxygen atoms in total. The lowest BCUT2D eigenvalue weighted by Gasteiger charge is -2.22. The van der Waals surface area contributed by atoms with Crippen molar-refractivity contribution in [1.82, 2.24) is 0 Å². The SMILES string of the molecule is FC(F)(F)c1cc(Br)ccc1NC1C=CCCC1. The number of nitrogens with one attached hydrogen (secondary N) is 1. The molecule has 1 unspecified atom stereocenters. The van der Waals surface area contributed by atoms with Gasteiger partial charge in [-0.05, 0) is 37.5 Å². The summed E-state index contributed by atoms with van der Waals surface area (Å²) < 4.78 is 39.1. The molecule has 0 amide bonds. The predicted octanol–water partition coefficient (Wildman–Crippen LogP) is 4.99. The fourth-order valence-corrected chi connectivity index (χ4v) is 2.37. The van der Waals surface area contributed by atoms with E-state index in [1.807, 2.05) is 12.2 Å². The molecule has 0 fully saturated rings. The van der Waals surface area contributed by atoms with Crippen molar-refractivity contribution in [2.75, 3.05) is 5.32 Å². The van der Waals surface area contributed by atoms with E-state index in [2.05, 4.69) is 21.2 Å². The van der Waals surface area contributed by atoms with Crippen molar-refractivity contribution in [3.63, 3.8) is 0 Å². The van der Waals surface area contributed by atoms with Gasteiger partial charge >= 0.3 is 6.18 Å². The zero-order valence-electron chi connectivity index (χ0n) is 9.60. The molecule has 1 aliphatic carbocycles. The molecule has 98 valence electrons. The minimum absolute atomic E-state index is 0.0129. The van der Waals surface area contributed by atoms with E-state index in [0.29, 0.717) is 4.47 Å². The molecule has 0 radical (unpaired) electrons. The van der Waals surface area contributed by atoms with Crippen LogP contribution in [0, 0.1) is 0 Å². The van der Waals surface area contributed by atoms with Crippen LogP contribution >= 0.6 is 15.9 Å². The molecule has 0 bridgehead atoms. The molecular formula is C13H13BrF3N. The minimum atomic E-state index is -4.34. The predicted molar refractivity (Wildman–Crippen MR) is 69.5 cm³/mol. The molecule has 0 saturated heterocycles. The van der Waals surface area contributed by atoms with Gasteiger partial charge in [0.05, 0.1) is 5.56 Å². The summed E-state index contributed by atoms with van der Waals surface area (Å²) in [6, 6.07) is 4.18. The maximum Gasteiger partial charge on any atom is 0.418 e. The molecule has 1 aromatic rings. The van der Waals surface area contributed by atoms with Gasteiger partial charge in [-0.2, -0.15) is 13.2 Å². The van der Waals surface area contributed by atoms with Crippen molar-refractivity contribution in [3.8, 4) is 0 Å². The van der Waals surface area contributed by atoms with Crippen molar-refractivity contribution >= 4 is 21.6 Å². The van der Waals surface area contributed by atoms with Crippen LogP contribution in [-0.2, 0) is 6.18 Å². The Hall–Kier alpha value is -0.970. The average Bonchev–Trinajstić information content (AvgIpc) is 2.31. The van der Waals surface area contributed by atoms with Crippen molar-refractivity contribution in [1.29, 1.82) is 0 Å². The van der Waals surface area contributed by atoms with Crippen LogP contribution in [0.4, 0.5) is 18.9 Å². The number of hydrogen-bond donors (Lipinski definition) is 1. The van der Waals surface area contributed by atoms with Crippen LogP contribution in [0.3, 0.4) is 0 Å². The molecule has 2 rings (SSSR count). The highest BCUT2D eigenvalue weighted by Crippen LogP contribution is 2.37. The fraction of sp³-hybridized carbons (Fsp3) is 0.385. The van der Waals surface area contributed by atoms with Crippen molar-refractivity contribution < 1.29 is 13.2 Å². The summed E-state index contributed by atoms with van der Waals surface area (Å²) >= 11 is 3.07. The Labute approximate surface area is 112 Å². The topological polar surface area (TPSA) is 12.0 Å². The number of anilines is 1. The number of allylic oxidation sites excluding steroid dienone is 1. The number of hydrogen-bond acceptors (Lipinski definition) is 1. The molecule has 0 saturated carbocycles. The van der Waals surface area contributed by atoms with Crippen LogP contribution in [0.5, 0.6) is 0 Å². The summed E-state index contributed by atoms with van der Waals surface area (Å²) in [6.45, 7) is 0. The van der Waals surface area contributed by atoms with E-state index in [-0.39, 0.29) is 11.7 Å². The molecule has 0 heterocycles. The third-order valence-corrected chi connectivity index (χ3v) is 3.38. The molecule has 1 atom stereocenters. The number of halogens is 4. The minimum Gasteiger partial charge on any atom is -0.378 e. The van der Waals surface area contributed by atoms with Crippen LogP contribution in [0.2, 0.25) is 0 Å². The highest BCUT2D eigenvalue weighted by atomic mass is 79.9. The number of benzene rings is 1. The van der Waals surface area contributed by atoms with Gasteiger partial charge in [-0.25, -0.2) is 0 Å². The summed E-state index contributed by atoms with van der Waals surface area (Å²) in [7, 11) is 0. The molecule has 5 heteroatoms. The molecule has 1 aromatic carbocycles. The lowest BCUT2D eigenvalue weighted by atomic mass is 10.0. The quantitative estimate of drug-likeness (QED) is 0.757. The zero-order valence-corrected chi connectivity index (χ0v) is 11.2. The first-order valence-electron chi connectivity index (χ1n) is 5.77. The summed E-state index contributed by atoms with van der Waals surface area (Å²) in [4.78, 5) is 0. The zero-order chi connectivity index (χ0) is 13.2. The van der Waals surface area contributed by atoms with E-state index < -0.39 is 11.7 Å².